The average molecular weight is 240 g/mol. The van der Waals surface area contributed by atoms with Crippen LogP contribution in [0, 0.1) is 11.8 Å². The Morgan fingerprint density at radius 3 is 1.76 bits per heavy atom. The van der Waals surface area contributed by atoms with E-state index in [-0.39, 0.29) is 5.92 Å². The fourth-order valence-corrected chi connectivity index (χ4v) is 2.36. The lowest BCUT2D eigenvalue weighted by Gasteiger charge is -2.17. The smallest absolute Gasteiger partial charge is 0.138 e. The van der Waals surface area contributed by atoms with Gasteiger partial charge in [0.1, 0.15) is 5.78 Å². The van der Waals surface area contributed by atoms with Gasteiger partial charge in [0.05, 0.1) is 0 Å². The summed E-state index contributed by atoms with van der Waals surface area (Å²) in [5.74, 6) is 1.06. The quantitative estimate of drug-likeness (QED) is 0.443. The van der Waals surface area contributed by atoms with Gasteiger partial charge in [0, 0.05) is 11.8 Å². The Kier molecular flexibility index (Phi) is 10.6. The average Bonchev–Trinajstić information content (AvgIpc) is 2.31. The van der Waals surface area contributed by atoms with Crippen molar-refractivity contribution in [3.8, 4) is 0 Å². The number of Topliss-reactive ketones (excluding diaryl/α,β-unsaturated/α-hetero) is 1. The summed E-state index contributed by atoms with van der Waals surface area (Å²) in [6, 6.07) is 0. The van der Waals surface area contributed by atoms with Gasteiger partial charge in [-0.1, -0.05) is 72.6 Å². The molecule has 0 saturated carbocycles. The Hall–Kier alpha value is -0.330. The zero-order valence-corrected chi connectivity index (χ0v) is 12.4. The Morgan fingerprint density at radius 2 is 1.29 bits per heavy atom. The highest BCUT2D eigenvalue weighted by Crippen LogP contribution is 2.21. The molecule has 0 aliphatic carbocycles. The summed E-state index contributed by atoms with van der Waals surface area (Å²) < 4.78 is 0. The lowest BCUT2D eigenvalue weighted by Crippen LogP contribution is -2.20. The van der Waals surface area contributed by atoms with Crippen molar-refractivity contribution in [3.63, 3.8) is 0 Å². The number of hydrogen-bond acceptors (Lipinski definition) is 1. The third kappa shape index (κ3) is 8.40. The van der Waals surface area contributed by atoms with Gasteiger partial charge >= 0.3 is 0 Å². The standard InChI is InChI=1S/C16H32O/c1-5-7-9-11-13-15(12-10-8-6-2)16(17)14(3)4/h14-15H,5-13H2,1-4H3. The van der Waals surface area contributed by atoms with Gasteiger partial charge in [0.15, 0.2) is 0 Å². The van der Waals surface area contributed by atoms with Crippen LogP contribution >= 0.6 is 0 Å². The minimum absolute atomic E-state index is 0.216. The highest BCUT2D eigenvalue weighted by Gasteiger charge is 2.19. The molecular formula is C16H32O. The summed E-state index contributed by atoms with van der Waals surface area (Å²) in [6.07, 6.45) is 11.1. The molecular weight excluding hydrogens is 208 g/mol. The van der Waals surface area contributed by atoms with Crippen molar-refractivity contribution in [2.75, 3.05) is 0 Å². The second kappa shape index (κ2) is 10.8. The molecule has 1 atom stereocenters. The third-order valence-corrected chi connectivity index (χ3v) is 3.53. The van der Waals surface area contributed by atoms with Crippen molar-refractivity contribution in [1.82, 2.24) is 0 Å². The van der Waals surface area contributed by atoms with Crippen LogP contribution in [0.4, 0.5) is 0 Å². The molecule has 0 radical (unpaired) electrons. The number of rotatable bonds is 11. The Morgan fingerprint density at radius 1 is 0.824 bits per heavy atom. The predicted octanol–water partition coefficient (Wildman–Crippen LogP) is 5.38. The summed E-state index contributed by atoms with van der Waals surface area (Å²) in [6.45, 7) is 8.54. The van der Waals surface area contributed by atoms with Crippen molar-refractivity contribution >= 4 is 5.78 Å². The van der Waals surface area contributed by atoms with E-state index in [1.807, 2.05) is 13.8 Å². The first-order valence-corrected chi connectivity index (χ1v) is 7.67. The summed E-state index contributed by atoms with van der Waals surface area (Å²) in [5.41, 5.74) is 0. The molecule has 1 nitrogen and oxygen atoms in total. The summed E-state index contributed by atoms with van der Waals surface area (Å²) >= 11 is 0. The largest absolute Gasteiger partial charge is 0.299 e. The molecule has 0 amide bonds. The monoisotopic (exact) mass is 240 g/mol. The summed E-state index contributed by atoms with van der Waals surface area (Å²) in [5, 5.41) is 0. The number of unbranched alkanes of at least 4 members (excludes halogenated alkanes) is 5. The van der Waals surface area contributed by atoms with Gasteiger partial charge in [-0.2, -0.15) is 0 Å². The van der Waals surface area contributed by atoms with Crippen LogP contribution in [-0.4, -0.2) is 5.78 Å². The molecule has 1 heteroatoms. The zero-order valence-electron chi connectivity index (χ0n) is 12.4. The van der Waals surface area contributed by atoms with Gasteiger partial charge in [-0.3, -0.25) is 4.79 Å². The molecule has 0 aromatic rings. The molecule has 0 fully saturated rings. The number of carbonyl (C=O) groups is 1. The number of ketones is 1. The lowest BCUT2D eigenvalue weighted by molar-refractivity contribution is -0.126. The highest BCUT2D eigenvalue weighted by molar-refractivity contribution is 5.82. The Balaban J connectivity index is 3.97. The van der Waals surface area contributed by atoms with Gasteiger partial charge in [-0.05, 0) is 12.8 Å². The SMILES string of the molecule is CCCCCCC(CCCCC)C(=O)C(C)C. The van der Waals surface area contributed by atoms with E-state index >= 15 is 0 Å². The maximum Gasteiger partial charge on any atom is 0.138 e. The normalized spacial score (nSPS) is 13.0. The van der Waals surface area contributed by atoms with Crippen molar-refractivity contribution in [1.29, 1.82) is 0 Å². The molecule has 0 rings (SSSR count). The van der Waals surface area contributed by atoms with Gasteiger partial charge in [0.25, 0.3) is 0 Å². The molecule has 0 saturated heterocycles. The molecule has 0 spiro atoms. The second-order valence-electron chi connectivity index (χ2n) is 5.60. The first-order chi connectivity index (χ1) is 8.13. The molecule has 0 heterocycles. The van der Waals surface area contributed by atoms with E-state index in [2.05, 4.69) is 13.8 Å². The molecule has 102 valence electrons. The van der Waals surface area contributed by atoms with E-state index in [1.54, 1.807) is 0 Å². The van der Waals surface area contributed by atoms with E-state index in [9.17, 15) is 4.79 Å². The second-order valence-corrected chi connectivity index (χ2v) is 5.60. The molecule has 0 aromatic carbocycles. The Labute approximate surface area is 108 Å². The van der Waals surface area contributed by atoms with Crippen molar-refractivity contribution in [2.24, 2.45) is 11.8 Å². The van der Waals surface area contributed by atoms with E-state index in [0.717, 1.165) is 12.8 Å². The molecule has 17 heavy (non-hydrogen) atoms. The van der Waals surface area contributed by atoms with E-state index < -0.39 is 0 Å². The topological polar surface area (TPSA) is 17.1 Å². The lowest BCUT2D eigenvalue weighted by atomic mass is 9.86. The minimum Gasteiger partial charge on any atom is -0.299 e. The molecule has 0 N–H and O–H groups in total. The van der Waals surface area contributed by atoms with Crippen LogP contribution in [0.1, 0.15) is 85.5 Å². The van der Waals surface area contributed by atoms with Gasteiger partial charge in [-0.25, -0.2) is 0 Å². The Bertz CT molecular complexity index is 184. The number of hydrogen-bond donors (Lipinski definition) is 0. The van der Waals surface area contributed by atoms with Crippen LogP contribution in [0.25, 0.3) is 0 Å². The van der Waals surface area contributed by atoms with Crippen molar-refractivity contribution in [2.45, 2.75) is 85.5 Å². The molecule has 1 unspecified atom stereocenters. The maximum absolute atomic E-state index is 12.1. The van der Waals surface area contributed by atoms with E-state index in [4.69, 9.17) is 0 Å². The van der Waals surface area contributed by atoms with Gasteiger partial charge < -0.3 is 0 Å². The number of carbonyl (C=O) groups excluding carboxylic acids is 1. The van der Waals surface area contributed by atoms with Crippen LogP contribution in [0.2, 0.25) is 0 Å². The summed E-state index contributed by atoms with van der Waals surface area (Å²) in [4.78, 5) is 12.1. The van der Waals surface area contributed by atoms with Crippen molar-refractivity contribution < 1.29 is 4.79 Å². The van der Waals surface area contributed by atoms with Crippen LogP contribution in [0.5, 0.6) is 0 Å². The summed E-state index contributed by atoms with van der Waals surface area (Å²) in [7, 11) is 0. The molecule has 0 bridgehead atoms. The van der Waals surface area contributed by atoms with Crippen LogP contribution in [0.3, 0.4) is 0 Å². The molecule has 0 aliphatic heterocycles. The first kappa shape index (κ1) is 16.7. The zero-order chi connectivity index (χ0) is 13.1. The molecule has 0 aromatic heterocycles. The third-order valence-electron chi connectivity index (χ3n) is 3.53. The minimum atomic E-state index is 0.216. The van der Waals surface area contributed by atoms with Crippen molar-refractivity contribution in [3.05, 3.63) is 0 Å². The first-order valence-electron chi connectivity index (χ1n) is 7.67. The molecule has 0 aliphatic rings. The predicted molar refractivity (Wildman–Crippen MR) is 76.2 cm³/mol. The van der Waals surface area contributed by atoms with Crippen LogP contribution < -0.4 is 0 Å². The van der Waals surface area contributed by atoms with E-state index in [1.165, 1.54) is 44.9 Å². The van der Waals surface area contributed by atoms with Crippen LogP contribution in [0.15, 0.2) is 0 Å². The maximum atomic E-state index is 12.1. The van der Waals surface area contributed by atoms with Crippen LogP contribution in [-0.2, 0) is 4.79 Å². The van der Waals surface area contributed by atoms with Gasteiger partial charge in [0.2, 0.25) is 0 Å². The van der Waals surface area contributed by atoms with E-state index in [0.29, 0.717) is 11.7 Å². The fraction of sp³-hybridized carbons (Fsp3) is 0.938. The van der Waals surface area contributed by atoms with Gasteiger partial charge in [-0.15, -0.1) is 0 Å². The fourth-order valence-electron chi connectivity index (χ4n) is 2.36. The highest BCUT2D eigenvalue weighted by atomic mass is 16.1.